The SMILES string of the molecule is Cc1cnc(NC(=O)Cc2cc(O[C@@H](C)Cc3ccccc3)cc(Cl)n2)s1. The fourth-order valence-electron chi connectivity index (χ4n) is 2.64. The molecule has 3 rings (SSSR count). The van der Waals surface area contributed by atoms with Crippen molar-refractivity contribution in [3.63, 3.8) is 0 Å². The summed E-state index contributed by atoms with van der Waals surface area (Å²) in [7, 11) is 0. The zero-order valence-electron chi connectivity index (χ0n) is 15.1. The van der Waals surface area contributed by atoms with Crippen molar-refractivity contribution < 1.29 is 9.53 Å². The summed E-state index contributed by atoms with van der Waals surface area (Å²) in [6, 6.07) is 13.5. The lowest BCUT2D eigenvalue weighted by Crippen LogP contribution is -2.17. The predicted molar refractivity (Wildman–Crippen MR) is 109 cm³/mol. The minimum absolute atomic E-state index is 0.0363. The smallest absolute Gasteiger partial charge is 0.232 e. The van der Waals surface area contributed by atoms with Crippen molar-refractivity contribution in [2.24, 2.45) is 0 Å². The minimum atomic E-state index is -0.192. The summed E-state index contributed by atoms with van der Waals surface area (Å²) in [6.45, 7) is 3.94. The average Bonchev–Trinajstić information content (AvgIpc) is 2.99. The number of carbonyl (C=O) groups is 1. The molecule has 1 atom stereocenters. The summed E-state index contributed by atoms with van der Waals surface area (Å²) in [5, 5.41) is 3.64. The Morgan fingerprint density at radius 2 is 2.07 bits per heavy atom. The Balaban J connectivity index is 1.62. The largest absolute Gasteiger partial charge is 0.490 e. The number of ether oxygens (including phenoxy) is 1. The molecule has 0 fully saturated rings. The van der Waals surface area contributed by atoms with Crippen molar-refractivity contribution in [3.05, 3.63) is 69.9 Å². The molecule has 0 saturated heterocycles. The normalized spacial score (nSPS) is 11.8. The summed E-state index contributed by atoms with van der Waals surface area (Å²) in [5.74, 6) is 0.411. The van der Waals surface area contributed by atoms with Gasteiger partial charge >= 0.3 is 0 Å². The van der Waals surface area contributed by atoms with Gasteiger partial charge in [-0.15, -0.1) is 11.3 Å². The van der Waals surface area contributed by atoms with Crippen LogP contribution in [0, 0.1) is 6.92 Å². The number of thiazole rings is 1. The van der Waals surface area contributed by atoms with Gasteiger partial charge in [-0.1, -0.05) is 41.9 Å². The molecule has 0 radical (unpaired) electrons. The molecular formula is C20H20ClN3O2S. The number of rotatable bonds is 7. The van der Waals surface area contributed by atoms with E-state index in [1.807, 2.05) is 32.0 Å². The van der Waals surface area contributed by atoms with Crippen LogP contribution in [-0.2, 0) is 17.6 Å². The third-order valence-electron chi connectivity index (χ3n) is 3.73. The molecule has 1 aromatic carbocycles. The molecule has 2 heterocycles. The van der Waals surface area contributed by atoms with E-state index in [2.05, 4.69) is 27.4 Å². The molecule has 0 aliphatic heterocycles. The third-order valence-corrected chi connectivity index (χ3v) is 4.76. The fourth-order valence-corrected chi connectivity index (χ4v) is 3.54. The monoisotopic (exact) mass is 401 g/mol. The molecule has 140 valence electrons. The second-order valence-corrected chi connectivity index (χ2v) is 7.86. The van der Waals surface area contributed by atoms with Crippen LogP contribution in [0.15, 0.2) is 48.7 Å². The molecule has 0 spiro atoms. The van der Waals surface area contributed by atoms with Crippen LogP contribution in [0.5, 0.6) is 5.75 Å². The summed E-state index contributed by atoms with van der Waals surface area (Å²) in [4.78, 5) is 21.6. The molecule has 3 aromatic rings. The number of nitrogens with one attached hydrogen (secondary N) is 1. The lowest BCUT2D eigenvalue weighted by Gasteiger charge is -2.15. The maximum absolute atomic E-state index is 12.2. The highest BCUT2D eigenvalue weighted by Gasteiger charge is 2.12. The first-order valence-corrected chi connectivity index (χ1v) is 9.76. The number of pyridine rings is 1. The van der Waals surface area contributed by atoms with E-state index in [-0.39, 0.29) is 18.4 Å². The van der Waals surface area contributed by atoms with Crippen LogP contribution in [0.4, 0.5) is 5.13 Å². The van der Waals surface area contributed by atoms with Crippen molar-refractivity contribution in [3.8, 4) is 5.75 Å². The minimum Gasteiger partial charge on any atom is -0.490 e. The van der Waals surface area contributed by atoms with Gasteiger partial charge in [0.1, 0.15) is 10.9 Å². The molecule has 27 heavy (non-hydrogen) atoms. The molecule has 0 saturated carbocycles. The van der Waals surface area contributed by atoms with Crippen molar-refractivity contribution in [2.45, 2.75) is 32.8 Å². The topological polar surface area (TPSA) is 64.1 Å². The van der Waals surface area contributed by atoms with Gasteiger partial charge in [0, 0.05) is 29.6 Å². The maximum atomic E-state index is 12.2. The van der Waals surface area contributed by atoms with Gasteiger partial charge in [0.2, 0.25) is 5.91 Å². The van der Waals surface area contributed by atoms with Gasteiger partial charge in [-0.05, 0) is 19.4 Å². The highest BCUT2D eigenvalue weighted by molar-refractivity contribution is 7.15. The molecular weight excluding hydrogens is 382 g/mol. The lowest BCUT2D eigenvalue weighted by atomic mass is 10.1. The van der Waals surface area contributed by atoms with E-state index < -0.39 is 0 Å². The number of amides is 1. The van der Waals surface area contributed by atoms with Gasteiger partial charge in [-0.25, -0.2) is 9.97 Å². The first-order valence-electron chi connectivity index (χ1n) is 8.57. The molecule has 0 aliphatic carbocycles. The van der Waals surface area contributed by atoms with Gasteiger partial charge in [-0.3, -0.25) is 4.79 Å². The van der Waals surface area contributed by atoms with Crippen LogP contribution in [0.25, 0.3) is 0 Å². The second kappa shape index (κ2) is 8.97. The Labute approximate surface area is 167 Å². The Morgan fingerprint density at radius 1 is 1.30 bits per heavy atom. The van der Waals surface area contributed by atoms with E-state index >= 15 is 0 Å². The highest BCUT2D eigenvalue weighted by atomic mass is 35.5. The van der Waals surface area contributed by atoms with Crippen LogP contribution in [-0.4, -0.2) is 22.0 Å². The molecule has 1 N–H and O–H groups in total. The van der Waals surface area contributed by atoms with E-state index in [1.54, 1.807) is 18.3 Å². The fraction of sp³-hybridized carbons (Fsp3) is 0.250. The molecule has 0 bridgehead atoms. The van der Waals surface area contributed by atoms with Crippen LogP contribution >= 0.6 is 22.9 Å². The van der Waals surface area contributed by atoms with Crippen molar-refractivity contribution in [1.29, 1.82) is 0 Å². The Bertz CT molecular complexity index is 915. The third kappa shape index (κ3) is 6.05. The number of aryl methyl sites for hydroxylation is 1. The zero-order chi connectivity index (χ0) is 19.2. The van der Waals surface area contributed by atoms with Crippen LogP contribution < -0.4 is 10.1 Å². The molecule has 2 aromatic heterocycles. The average molecular weight is 402 g/mol. The van der Waals surface area contributed by atoms with Gasteiger partial charge in [0.05, 0.1) is 18.2 Å². The number of halogens is 1. The highest BCUT2D eigenvalue weighted by Crippen LogP contribution is 2.21. The standard InChI is InChI=1S/C20H20ClN3O2S/c1-13(8-15-6-4-3-5-7-15)26-17-9-16(23-18(21)11-17)10-19(25)24-20-22-12-14(2)27-20/h3-7,9,11-13H,8,10H2,1-2H3,(H,22,24,25)/t13-/m0/s1. The predicted octanol–water partition coefficient (Wildman–Crippen LogP) is 4.69. The van der Waals surface area contributed by atoms with E-state index in [0.717, 1.165) is 11.3 Å². The number of benzene rings is 1. The molecule has 5 nitrogen and oxygen atoms in total. The number of carbonyl (C=O) groups excluding carboxylic acids is 1. The molecule has 0 unspecified atom stereocenters. The van der Waals surface area contributed by atoms with Crippen molar-refractivity contribution >= 4 is 34.0 Å². The quantitative estimate of drug-likeness (QED) is 0.583. The van der Waals surface area contributed by atoms with Gasteiger partial charge in [-0.2, -0.15) is 0 Å². The number of aromatic nitrogens is 2. The summed E-state index contributed by atoms with van der Waals surface area (Å²) in [5.41, 5.74) is 1.75. The van der Waals surface area contributed by atoms with Crippen LogP contribution in [0.1, 0.15) is 23.1 Å². The zero-order valence-corrected chi connectivity index (χ0v) is 16.7. The van der Waals surface area contributed by atoms with E-state index in [0.29, 0.717) is 21.7 Å². The first kappa shape index (κ1) is 19.3. The number of anilines is 1. The van der Waals surface area contributed by atoms with Crippen molar-refractivity contribution in [2.75, 3.05) is 5.32 Å². The van der Waals surface area contributed by atoms with Gasteiger partial charge in [0.25, 0.3) is 0 Å². The summed E-state index contributed by atoms with van der Waals surface area (Å²) < 4.78 is 5.98. The molecule has 0 aliphatic rings. The van der Waals surface area contributed by atoms with Gasteiger partial charge in [0.15, 0.2) is 5.13 Å². The molecule has 1 amide bonds. The summed E-state index contributed by atoms with van der Waals surface area (Å²) >= 11 is 7.54. The van der Waals surface area contributed by atoms with Crippen LogP contribution in [0.2, 0.25) is 5.15 Å². The molecule has 7 heteroatoms. The van der Waals surface area contributed by atoms with Crippen LogP contribution in [0.3, 0.4) is 0 Å². The number of nitrogens with zero attached hydrogens (tertiary/aromatic N) is 2. The first-order chi connectivity index (χ1) is 13.0. The van der Waals surface area contributed by atoms with E-state index in [9.17, 15) is 4.79 Å². The van der Waals surface area contributed by atoms with Gasteiger partial charge < -0.3 is 10.1 Å². The second-order valence-electron chi connectivity index (χ2n) is 6.24. The Hall–Kier alpha value is -2.44. The Kier molecular flexibility index (Phi) is 6.42. The lowest BCUT2D eigenvalue weighted by molar-refractivity contribution is -0.115. The van der Waals surface area contributed by atoms with E-state index in [1.165, 1.54) is 16.9 Å². The maximum Gasteiger partial charge on any atom is 0.232 e. The number of hydrogen-bond acceptors (Lipinski definition) is 5. The number of hydrogen-bond donors (Lipinski definition) is 1. The van der Waals surface area contributed by atoms with Crippen molar-refractivity contribution in [1.82, 2.24) is 9.97 Å². The Morgan fingerprint density at radius 3 is 2.78 bits per heavy atom. The van der Waals surface area contributed by atoms with E-state index in [4.69, 9.17) is 16.3 Å². The summed E-state index contributed by atoms with van der Waals surface area (Å²) in [6.07, 6.45) is 2.56.